The van der Waals surface area contributed by atoms with Crippen molar-refractivity contribution in [2.24, 2.45) is 0 Å². The molecule has 1 aromatic carbocycles. The maximum absolute atomic E-state index is 13.7. The largest absolute Gasteiger partial charge is 0.444 e. The quantitative estimate of drug-likeness (QED) is 0.580. The van der Waals surface area contributed by atoms with Gasteiger partial charge in [0.2, 0.25) is 0 Å². The van der Waals surface area contributed by atoms with E-state index in [4.69, 9.17) is 4.74 Å². The molecule has 2 N–H and O–H groups in total. The first-order valence-electron chi connectivity index (χ1n) is 9.89. The van der Waals surface area contributed by atoms with E-state index < -0.39 is 35.0 Å². The Kier molecular flexibility index (Phi) is 7.45. The second kappa shape index (κ2) is 9.48. The average molecular weight is 428 g/mol. The van der Waals surface area contributed by atoms with Gasteiger partial charge >= 0.3 is 6.09 Å². The molecule has 0 spiro atoms. The monoisotopic (exact) mass is 428 g/mol. The molecule has 0 radical (unpaired) electrons. The number of hydrogen-bond acceptors (Lipinski definition) is 4. The van der Waals surface area contributed by atoms with Crippen LogP contribution in [0.4, 0.5) is 13.6 Å². The summed E-state index contributed by atoms with van der Waals surface area (Å²) in [5.41, 5.74) is 0.0731. The van der Waals surface area contributed by atoms with Gasteiger partial charge in [-0.2, -0.15) is 0 Å². The number of amides is 1. The lowest BCUT2D eigenvalue weighted by atomic mass is 9.88. The van der Waals surface area contributed by atoms with Gasteiger partial charge in [0.15, 0.2) is 0 Å². The van der Waals surface area contributed by atoms with Gasteiger partial charge in [0.05, 0.1) is 11.7 Å². The van der Waals surface area contributed by atoms with Crippen LogP contribution in [-0.4, -0.2) is 35.2 Å². The van der Waals surface area contributed by atoms with Gasteiger partial charge in [-0.25, -0.2) is 18.6 Å². The van der Waals surface area contributed by atoms with E-state index in [-0.39, 0.29) is 6.42 Å². The predicted molar refractivity (Wildman–Crippen MR) is 118 cm³/mol. The van der Waals surface area contributed by atoms with Crippen LogP contribution < -0.4 is 10.8 Å². The molecule has 1 atom stereocenters. The van der Waals surface area contributed by atoms with E-state index in [2.05, 4.69) is 22.1 Å². The Morgan fingerprint density at radius 1 is 1.19 bits per heavy atom. The second-order valence-corrected chi connectivity index (χ2v) is 8.89. The van der Waals surface area contributed by atoms with Crippen LogP contribution in [0.3, 0.4) is 0 Å². The van der Waals surface area contributed by atoms with Crippen molar-refractivity contribution in [1.82, 2.24) is 10.3 Å². The summed E-state index contributed by atoms with van der Waals surface area (Å²) in [6.07, 6.45) is -0.590. The van der Waals surface area contributed by atoms with Crippen LogP contribution in [0.1, 0.15) is 57.6 Å². The van der Waals surface area contributed by atoms with E-state index in [1.165, 1.54) is 12.1 Å². The van der Waals surface area contributed by atoms with E-state index >= 15 is 0 Å². The van der Waals surface area contributed by atoms with Crippen molar-refractivity contribution in [3.05, 3.63) is 58.9 Å². The molecule has 1 heterocycles. The van der Waals surface area contributed by atoms with E-state index in [0.29, 0.717) is 17.0 Å². The molecule has 1 amide bonds. The Morgan fingerprint density at radius 3 is 2.35 bits per heavy atom. The molecule has 1 aromatic heterocycles. The molecular formula is C23H27BF2N2O3. The zero-order chi connectivity index (χ0) is 23.4. The Morgan fingerprint density at radius 2 is 1.81 bits per heavy atom. The number of rotatable bonds is 4. The summed E-state index contributed by atoms with van der Waals surface area (Å²) in [5.74, 6) is 4.08. The Balaban J connectivity index is 2.45. The highest BCUT2D eigenvalue weighted by molar-refractivity contribution is 6.33. The van der Waals surface area contributed by atoms with Gasteiger partial charge in [0, 0.05) is 6.07 Å². The molecule has 0 aliphatic rings. The lowest BCUT2D eigenvalue weighted by molar-refractivity contribution is 0.0502. The zero-order valence-corrected chi connectivity index (χ0v) is 18.6. The lowest BCUT2D eigenvalue weighted by Gasteiger charge is -2.24. The molecule has 0 saturated heterocycles. The van der Waals surface area contributed by atoms with Crippen molar-refractivity contribution in [2.75, 3.05) is 0 Å². The highest BCUT2D eigenvalue weighted by Crippen LogP contribution is 2.19. The number of pyridine rings is 1. The van der Waals surface area contributed by atoms with Crippen molar-refractivity contribution >= 4 is 19.4 Å². The van der Waals surface area contributed by atoms with Crippen molar-refractivity contribution < 1.29 is 23.4 Å². The molecule has 2 aromatic rings. The SMILES string of the molecule is Bc1ccc(C#CC(C)(C)O)nc1[C@H](Cc1cc(F)cc(F)c1)NC(=O)OC(C)(C)C. The lowest BCUT2D eigenvalue weighted by Crippen LogP contribution is -2.38. The Bertz CT molecular complexity index is 998. The molecular weight excluding hydrogens is 401 g/mol. The molecule has 0 aliphatic carbocycles. The number of aliphatic hydroxyl groups is 1. The number of carbonyl (C=O) groups excluding carboxylic acids is 1. The molecule has 2 rings (SSSR count). The Labute approximate surface area is 182 Å². The zero-order valence-electron chi connectivity index (χ0n) is 18.6. The number of carbonyl (C=O) groups is 1. The number of benzene rings is 1. The maximum Gasteiger partial charge on any atom is 0.408 e. The van der Waals surface area contributed by atoms with Gasteiger partial charge in [0.1, 0.15) is 36.4 Å². The first kappa shape index (κ1) is 24.4. The summed E-state index contributed by atoms with van der Waals surface area (Å²) in [6.45, 7) is 8.32. The van der Waals surface area contributed by atoms with Crippen LogP contribution in [0.25, 0.3) is 0 Å². The maximum atomic E-state index is 13.7. The van der Waals surface area contributed by atoms with Crippen LogP contribution in [-0.2, 0) is 11.2 Å². The van der Waals surface area contributed by atoms with Crippen molar-refractivity contribution in [3.8, 4) is 11.8 Å². The number of halogens is 2. The number of hydrogen-bond donors (Lipinski definition) is 2. The summed E-state index contributed by atoms with van der Waals surface area (Å²) in [5, 5.41) is 12.6. The number of aromatic nitrogens is 1. The van der Waals surface area contributed by atoms with Crippen molar-refractivity contribution in [3.63, 3.8) is 0 Å². The standard InChI is InChI=1S/C23H27BF2N2O3/c1-22(2,3)31-21(29)28-19(12-14-10-15(25)13-16(26)11-14)20-18(24)7-6-17(27-20)8-9-23(4,5)30/h6-7,10-11,13,19,30H,12,24H2,1-5H3,(H,28,29)/t19-/m0/s1. The molecule has 0 unspecified atom stereocenters. The van der Waals surface area contributed by atoms with Gasteiger partial charge in [-0.15, -0.1) is 0 Å². The van der Waals surface area contributed by atoms with E-state index in [9.17, 15) is 18.7 Å². The molecule has 8 heteroatoms. The van der Waals surface area contributed by atoms with Crippen LogP contribution in [0, 0.1) is 23.5 Å². The van der Waals surface area contributed by atoms with Gasteiger partial charge in [-0.05, 0) is 70.7 Å². The van der Waals surface area contributed by atoms with E-state index in [0.717, 1.165) is 11.5 Å². The third-order valence-corrected chi connectivity index (χ3v) is 4.02. The summed E-state index contributed by atoms with van der Waals surface area (Å²) in [7, 11) is 1.81. The van der Waals surface area contributed by atoms with Crippen LogP contribution in [0.5, 0.6) is 0 Å². The molecule has 0 saturated carbocycles. The molecule has 0 fully saturated rings. The first-order chi connectivity index (χ1) is 14.2. The smallest absolute Gasteiger partial charge is 0.408 e. The molecule has 31 heavy (non-hydrogen) atoms. The highest BCUT2D eigenvalue weighted by atomic mass is 19.1. The molecule has 0 bridgehead atoms. The van der Waals surface area contributed by atoms with Crippen LogP contribution in [0.2, 0.25) is 0 Å². The van der Waals surface area contributed by atoms with E-state index in [1.807, 2.05) is 7.85 Å². The highest BCUT2D eigenvalue weighted by Gasteiger charge is 2.23. The second-order valence-electron chi connectivity index (χ2n) is 8.89. The third kappa shape index (κ3) is 8.38. The topological polar surface area (TPSA) is 71.5 Å². The molecule has 5 nitrogen and oxygen atoms in total. The number of nitrogens with zero attached hydrogens (tertiary/aromatic N) is 1. The number of ether oxygens (including phenoxy) is 1. The fraction of sp³-hybridized carbons (Fsp3) is 0.391. The fourth-order valence-electron chi connectivity index (χ4n) is 2.81. The predicted octanol–water partition coefficient (Wildman–Crippen LogP) is 2.55. The van der Waals surface area contributed by atoms with E-state index in [1.54, 1.807) is 46.8 Å². The normalized spacial score (nSPS) is 12.5. The van der Waals surface area contributed by atoms with Gasteiger partial charge in [-0.1, -0.05) is 17.4 Å². The third-order valence-electron chi connectivity index (χ3n) is 4.02. The first-order valence-corrected chi connectivity index (χ1v) is 9.89. The Hall–Kier alpha value is -2.92. The number of alkyl carbamates (subject to hydrolysis) is 1. The van der Waals surface area contributed by atoms with Gasteiger partial charge in [0.25, 0.3) is 0 Å². The van der Waals surface area contributed by atoms with Gasteiger partial charge < -0.3 is 15.2 Å². The van der Waals surface area contributed by atoms with Crippen molar-refractivity contribution in [2.45, 2.75) is 58.3 Å². The van der Waals surface area contributed by atoms with Crippen LogP contribution in [0.15, 0.2) is 30.3 Å². The fourth-order valence-corrected chi connectivity index (χ4v) is 2.81. The van der Waals surface area contributed by atoms with Gasteiger partial charge in [-0.3, -0.25) is 0 Å². The van der Waals surface area contributed by atoms with Crippen LogP contribution >= 0.6 is 0 Å². The average Bonchev–Trinajstić information content (AvgIpc) is 2.57. The summed E-state index contributed by atoms with van der Waals surface area (Å²) < 4.78 is 32.8. The summed E-state index contributed by atoms with van der Waals surface area (Å²) in [6, 6.07) is 5.97. The number of nitrogens with one attached hydrogen (secondary N) is 1. The molecule has 0 aliphatic heterocycles. The summed E-state index contributed by atoms with van der Waals surface area (Å²) >= 11 is 0. The minimum Gasteiger partial charge on any atom is -0.444 e. The minimum absolute atomic E-state index is 0.0874. The summed E-state index contributed by atoms with van der Waals surface area (Å²) in [4.78, 5) is 17.0. The van der Waals surface area contributed by atoms with Crippen molar-refractivity contribution in [1.29, 1.82) is 0 Å². The molecule has 164 valence electrons. The minimum atomic E-state index is -1.19.